The third-order valence-electron chi connectivity index (χ3n) is 4.96. The summed E-state index contributed by atoms with van der Waals surface area (Å²) in [5, 5.41) is 2.72. The molecule has 0 aromatic heterocycles. The van der Waals surface area contributed by atoms with Gasteiger partial charge < -0.3 is 43.2 Å². The first-order chi connectivity index (χ1) is 19.8. The van der Waals surface area contributed by atoms with Gasteiger partial charge in [-0.3, -0.25) is 4.79 Å². The summed E-state index contributed by atoms with van der Waals surface area (Å²) in [4.78, 5) is 25.0. The molecule has 11 heteroatoms. The second-order valence-corrected chi connectivity index (χ2v) is 9.71. The topological polar surface area (TPSA) is 120 Å². The van der Waals surface area contributed by atoms with Crippen LogP contribution in [0.2, 0.25) is 0 Å². The lowest BCUT2D eigenvalue weighted by atomic mass is 10.1. The Labute approximate surface area is 244 Å². The Kier molecular flexibility index (Phi) is 21.4. The molecular formula is C30H47NO10. The third kappa shape index (κ3) is 22.8. The van der Waals surface area contributed by atoms with Gasteiger partial charge in [0.25, 0.3) is 0 Å². The largest absolute Gasteiger partial charge is 0.458 e. The standard InChI is InChI=1S/C30H47NO10/c1-5-11-34-12-13-35-14-15-36-16-17-37-18-19-38-20-21-39-22-23-40-25-28(32)31-27(29(33)41-30(2,3)4)24-26-9-7-6-8-10-26/h1,6-10,27H,11-25H2,2-4H3,(H,31,32)/t27-/m0/s1. The summed E-state index contributed by atoms with van der Waals surface area (Å²) in [5.41, 5.74) is 0.254. The number of rotatable bonds is 25. The fraction of sp³-hybridized carbons (Fsp3) is 0.667. The van der Waals surface area contributed by atoms with E-state index in [1.54, 1.807) is 20.8 Å². The summed E-state index contributed by atoms with van der Waals surface area (Å²) in [6.07, 6.45) is 5.40. The molecule has 11 nitrogen and oxygen atoms in total. The number of carbonyl (C=O) groups excluding carboxylic acids is 2. The molecule has 0 aliphatic heterocycles. The molecule has 1 N–H and O–H groups in total. The molecule has 1 aromatic carbocycles. The van der Waals surface area contributed by atoms with Crippen LogP contribution in [-0.2, 0) is 53.9 Å². The minimum Gasteiger partial charge on any atom is -0.458 e. The minimum atomic E-state index is -0.812. The molecule has 41 heavy (non-hydrogen) atoms. The average molecular weight is 582 g/mol. The van der Waals surface area contributed by atoms with Crippen molar-refractivity contribution in [2.45, 2.75) is 38.8 Å². The molecular weight excluding hydrogens is 534 g/mol. The first-order valence-electron chi connectivity index (χ1n) is 13.9. The van der Waals surface area contributed by atoms with Crippen molar-refractivity contribution in [2.24, 2.45) is 0 Å². The smallest absolute Gasteiger partial charge is 0.329 e. The first kappa shape index (κ1) is 36.5. The van der Waals surface area contributed by atoms with Gasteiger partial charge in [-0.15, -0.1) is 6.42 Å². The van der Waals surface area contributed by atoms with Crippen LogP contribution in [0.4, 0.5) is 0 Å². The van der Waals surface area contributed by atoms with Crippen molar-refractivity contribution in [3.63, 3.8) is 0 Å². The molecule has 1 aromatic rings. The van der Waals surface area contributed by atoms with Crippen LogP contribution in [0.15, 0.2) is 30.3 Å². The van der Waals surface area contributed by atoms with Crippen molar-refractivity contribution < 1.29 is 47.5 Å². The summed E-state index contributed by atoms with van der Waals surface area (Å²) in [5.74, 6) is 1.50. The van der Waals surface area contributed by atoms with E-state index in [0.29, 0.717) is 85.7 Å². The normalized spacial score (nSPS) is 12.0. The van der Waals surface area contributed by atoms with E-state index in [9.17, 15) is 9.59 Å². The van der Waals surface area contributed by atoms with Gasteiger partial charge in [-0.05, 0) is 26.3 Å². The van der Waals surface area contributed by atoms with Crippen molar-refractivity contribution in [1.29, 1.82) is 0 Å². The molecule has 0 radical (unpaired) electrons. The molecule has 0 aliphatic rings. The SMILES string of the molecule is C#CCOCCOCCOCCOCCOCCOCCOCC(=O)N[C@@H](Cc1ccccc1)C(=O)OC(C)(C)C. The van der Waals surface area contributed by atoms with E-state index in [-0.39, 0.29) is 13.2 Å². The van der Waals surface area contributed by atoms with Gasteiger partial charge in [0.15, 0.2) is 0 Å². The van der Waals surface area contributed by atoms with Gasteiger partial charge in [-0.25, -0.2) is 4.79 Å². The van der Waals surface area contributed by atoms with Crippen molar-refractivity contribution in [1.82, 2.24) is 5.32 Å². The molecule has 1 rings (SSSR count). The molecule has 0 aliphatic carbocycles. The van der Waals surface area contributed by atoms with Crippen LogP contribution in [0.25, 0.3) is 0 Å². The van der Waals surface area contributed by atoms with Crippen LogP contribution in [-0.4, -0.2) is 116 Å². The summed E-state index contributed by atoms with van der Waals surface area (Å²) < 4.78 is 43.0. The number of hydrogen-bond acceptors (Lipinski definition) is 10. The molecule has 0 heterocycles. The molecule has 0 unspecified atom stereocenters. The second-order valence-electron chi connectivity index (χ2n) is 9.71. The molecule has 0 saturated heterocycles. The summed E-state index contributed by atoms with van der Waals surface area (Å²) in [6, 6.07) is 8.63. The van der Waals surface area contributed by atoms with Gasteiger partial charge in [0.05, 0.1) is 79.3 Å². The molecule has 1 atom stereocenters. The van der Waals surface area contributed by atoms with Gasteiger partial charge in [0.1, 0.15) is 24.9 Å². The number of carbonyl (C=O) groups is 2. The van der Waals surface area contributed by atoms with Crippen LogP contribution in [0.5, 0.6) is 0 Å². The third-order valence-corrected chi connectivity index (χ3v) is 4.96. The van der Waals surface area contributed by atoms with Gasteiger partial charge in [-0.1, -0.05) is 36.3 Å². The van der Waals surface area contributed by atoms with Crippen molar-refractivity contribution >= 4 is 11.9 Å². The lowest BCUT2D eigenvalue weighted by molar-refractivity contribution is -0.158. The monoisotopic (exact) mass is 581 g/mol. The number of ether oxygens (including phenoxy) is 8. The van der Waals surface area contributed by atoms with E-state index >= 15 is 0 Å². The fourth-order valence-corrected chi connectivity index (χ4v) is 3.17. The Morgan fingerprint density at radius 1 is 0.732 bits per heavy atom. The van der Waals surface area contributed by atoms with E-state index in [1.807, 2.05) is 30.3 Å². The van der Waals surface area contributed by atoms with E-state index in [1.165, 1.54) is 0 Å². The van der Waals surface area contributed by atoms with E-state index < -0.39 is 23.5 Å². The number of terminal acetylenes is 1. The molecule has 0 spiro atoms. The summed E-state index contributed by atoms with van der Waals surface area (Å²) >= 11 is 0. The van der Waals surface area contributed by atoms with Crippen LogP contribution < -0.4 is 5.32 Å². The second kappa shape index (κ2) is 24.1. The van der Waals surface area contributed by atoms with Gasteiger partial charge in [0, 0.05) is 6.42 Å². The predicted octanol–water partition coefficient (Wildman–Crippen LogP) is 1.81. The highest BCUT2D eigenvalue weighted by molar-refractivity contribution is 5.85. The number of esters is 1. The quantitative estimate of drug-likeness (QED) is 0.104. The Bertz CT molecular complexity index is 838. The van der Waals surface area contributed by atoms with Crippen LogP contribution in [0, 0.1) is 12.3 Å². The Balaban J connectivity index is 1.99. The Morgan fingerprint density at radius 2 is 1.17 bits per heavy atom. The maximum Gasteiger partial charge on any atom is 0.329 e. The highest BCUT2D eigenvalue weighted by Gasteiger charge is 2.27. The number of nitrogens with one attached hydrogen (secondary N) is 1. The highest BCUT2D eigenvalue weighted by Crippen LogP contribution is 2.11. The van der Waals surface area contributed by atoms with E-state index in [4.69, 9.17) is 44.3 Å². The number of amides is 1. The van der Waals surface area contributed by atoms with Crippen molar-refractivity contribution in [3.05, 3.63) is 35.9 Å². The van der Waals surface area contributed by atoms with Gasteiger partial charge in [-0.2, -0.15) is 0 Å². The molecule has 232 valence electrons. The first-order valence-corrected chi connectivity index (χ1v) is 13.9. The van der Waals surface area contributed by atoms with Crippen molar-refractivity contribution in [2.75, 3.05) is 92.5 Å². The lowest BCUT2D eigenvalue weighted by Gasteiger charge is -2.24. The predicted molar refractivity (Wildman–Crippen MR) is 152 cm³/mol. The minimum absolute atomic E-state index is 0.190. The maximum atomic E-state index is 12.6. The van der Waals surface area contributed by atoms with Crippen molar-refractivity contribution in [3.8, 4) is 12.3 Å². The lowest BCUT2D eigenvalue weighted by Crippen LogP contribution is -2.46. The number of benzene rings is 1. The fourth-order valence-electron chi connectivity index (χ4n) is 3.17. The highest BCUT2D eigenvalue weighted by atomic mass is 16.6. The summed E-state index contributed by atoms with van der Waals surface area (Å²) in [6.45, 7) is 10.6. The van der Waals surface area contributed by atoms with Gasteiger partial charge >= 0.3 is 5.97 Å². The van der Waals surface area contributed by atoms with Crippen LogP contribution in [0.1, 0.15) is 26.3 Å². The zero-order chi connectivity index (χ0) is 30.0. The number of hydrogen-bond donors (Lipinski definition) is 1. The maximum absolute atomic E-state index is 12.6. The summed E-state index contributed by atoms with van der Waals surface area (Å²) in [7, 11) is 0. The van der Waals surface area contributed by atoms with Crippen LogP contribution >= 0.6 is 0 Å². The molecule has 0 bridgehead atoms. The molecule has 0 saturated carbocycles. The zero-order valence-corrected chi connectivity index (χ0v) is 24.7. The molecule has 0 fully saturated rings. The zero-order valence-electron chi connectivity index (χ0n) is 24.7. The van der Waals surface area contributed by atoms with E-state index in [0.717, 1.165) is 5.56 Å². The van der Waals surface area contributed by atoms with Crippen LogP contribution in [0.3, 0.4) is 0 Å². The van der Waals surface area contributed by atoms with Gasteiger partial charge in [0.2, 0.25) is 5.91 Å². The Hall–Kier alpha value is -2.56. The van der Waals surface area contributed by atoms with E-state index in [2.05, 4.69) is 11.2 Å². The molecule has 1 amide bonds. The average Bonchev–Trinajstić information content (AvgIpc) is 2.93. The Morgan fingerprint density at radius 3 is 1.61 bits per heavy atom.